The van der Waals surface area contributed by atoms with Gasteiger partial charge in [-0.1, -0.05) is 39.0 Å². The summed E-state index contributed by atoms with van der Waals surface area (Å²) in [6.07, 6.45) is 12.7. The molecule has 1 aliphatic rings. The zero-order valence-corrected chi connectivity index (χ0v) is 17.0. The second-order valence-corrected chi connectivity index (χ2v) is 7.01. The van der Waals surface area contributed by atoms with E-state index < -0.39 is 0 Å². The van der Waals surface area contributed by atoms with Crippen LogP contribution in [0.15, 0.2) is 12.4 Å². The number of quaternary nitrogens is 1. The van der Waals surface area contributed by atoms with E-state index >= 15 is 0 Å². The van der Waals surface area contributed by atoms with Gasteiger partial charge in [-0.25, -0.2) is 0 Å². The smallest absolute Gasteiger partial charge is 0.101 e. The lowest BCUT2D eigenvalue weighted by molar-refractivity contribution is -0.870. The number of hydrogen-bond acceptors (Lipinski definition) is 3. The third kappa shape index (κ3) is 16.1. The molecule has 4 nitrogen and oxygen atoms in total. The Morgan fingerprint density at radius 2 is 1.59 bits per heavy atom. The zero-order chi connectivity index (χ0) is 16.1. The molecule has 1 heterocycles. The van der Waals surface area contributed by atoms with Crippen LogP contribution in [0.25, 0.3) is 0 Å². The van der Waals surface area contributed by atoms with E-state index in [1.807, 2.05) is 0 Å². The summed E-state index contributed by atoms with van der Waals surface area (Å²) in [5.41, 5.74) is 0. The quantitative estimate of drug-likeness (QED) is 0.440. The van der Waals surface area contributed by atoms with Crippen LogP contribution in [0.2, 0.25) is 0 Å². The van der Waals surface area contributed by atoms with Crippen LogP contribution in [0.4, 0.5) is 0 Å². The second-order valence-electron chi connectivity index (χ2n) is 7.01. The molecule has 0 amide bonds. The first kappa shape index (κ1) is 24.0. The van der Waals surface area contributed by atoms with Gasteiger partial charge in [0, 0.05) is 26.0 Å². The Labute approximate surface area is 149 Å². The first-order valence-electron chi connectivity index (χ1n) is 8.43. The number of aliphatic hydroxyl groups is 1. The third-order valence-electron chi connectivity index (χ3n) is 3.51. The van der Waals surface area contributed by atoms with E-state index in [4.69, 9.17) is 5.11 Å². The van der Waals surface area contributed by atoms with Crippen LogP contribution in [-0.4, -0.2) is 73.9 Å². The van der Waals surface area contributed by atoms with Gasteiger partial charge in [0.25, 0.3) is 0 Å². The van der Waals surface area contributed by atoms with Gasteiger partial charge in [0.2, 0.25) is 0 Å². The Morgan fingerprint density at radius 3 is 2.00 bits per heavy atom. The average Bonchev–Trinajstić information content (AvgIpc) is 2.79. The van der Waals surface area contributed by atoms with Crippen molar-refractivity contribution in [2.24, 2.45) is 0 Å². The highest BCUT2D eigenvalue weighted by atomic mass is 79.9. The molecule has 0 unspecified atom stereocenters. The summed E-state index contributed by atoms with van der Waals surface area (Å²) in [4.78, 5) is 4.61. The van der Waals surface area contributed by atoms with Gasteiger partial charge in [0.05, 0.1) is 34.4 Å². The number of rotatable bonds is 9. The van der Waals surface area contributed by atoms with Crippen LogP contribution in [-0.2, 0) is 0 Å². The molecule has 1 aliphatic heterocycles. The normalized spacial score (nSPS) is 13.7. The zero-order valence-electron chi connectivity index (χ0n) is 15.4. The minimum absolute atomic E-state index is 0. The van der Waals surface area contributed by atoms with Crippen molar-refractivity contribution in [3.05, 3.63) is 12.4 Å². The fraction of sp³-hybridized carbons (Fsp3) is 0.882. The number of nitrogens with zero attached hydrogens (tertiary/aromatic N) is 3. The number of likely N-dealkylation sites (N-methyl/N-ethyl adjacent to an activating group) is 1. The number of hydrogen-bond donors (Lipinski definition) is 1. The molecule has 0 aromatic carbocycles. The summed E-state index contributed by atoms with van der Waals surface area (Å²) in [6, 6.07) is 0. The molecule has 0 bridgehead atoms. The van der Waals surface area contributed by atoms with Gasteiger partial charge in [-0.05, 0) is 6.42 Å². The predicted molar refractivity (Wildman–Crippen MR) is 91.8 cm³/mol. The van der Waals surface area contributed by atoms with E-state index in [1.54, 1.807) is 0 Å². The Kier molecular flexibility index (Phi) is 15.6. The van der Waals surface area contributed by atoms with Crippen molar-refractivity contribution in [3.8, 4) is 0 Å². The molecule has 0 atom stereocenters. The fourth-order valence-electron chi connectivity index (χ4n) is 2.13. The van der Waals surface area contributed by atoms with Gasteiger partial charge >= 0.3 is 0 Å². The number of unbranched alkanes of at least 4 members (excludes halogenated alkanes) is 5. The van der Waals surface area contributed by atoms with Crippen molar-refractivity contribution in [3.63, 3.8) is 0 Å². The SMILES string of the molecule is CCCCCCCCN1C=CN(C)C1.C[N+](C)(C)CCO.[Br-]. The van der Waals surface area contributed by atoms with Crippen LogP contribution >= 0.6 is 0 Å². The van der Waals surface area contributed by atoms with Crippen LogP contribution in [0.5, 0.6) is 0 Å². The van der Waals surface area contributed by atoms with Crippen LogP contribution in [0.3, 0.4) is 0 Å². The molecule has 0 saturated heterocycles. The maximum Gasteiger partial charge on any atom is 0.101 e. The summed E-state index contributed by atoms with van der Waals surface area (Å²) in [5, 5.41) is 8.39. The molecular weight excluding hydrogens is 342 g/mol. The number of aliphatic hydroxyl groups excluding tert-OH is 1. The lowest BCUT2D eigenvalue weighted by Gasteiger charge is -2.21. The molecule has 0 spiro atoms. The summed E-state index contributed by atoms with van der Waals surface area (Å²) in [7, 11) is 8.28. The van der Waals surface area contributed by atoms with E-state index in [0.29, 0.717) is 0 Å². The molecule has 0 aromatic rings. The molecule has 1 rings (SSSR count). The monoisotopic (exact) mass is 379 g/mol. The standard InChI is InChI=1S/C12H24N2.C5H14NO.BrH/c1-3-4-5-6-7-8-9-14-11-10-13(2)12-14;1-6(2,3)4-5-7;/h10-11H,3-9,12H2,1-2H3;7H,4-5H2,1-3H3;1H/q;+1;/p-1. The van der Waals surface area contributed by atoms with E-state index in [9.17, 15) is 0 Å². The largest absolute Gasteiger partial charge is 1.00 e. The van der Waals surface area contributed by atoms with Gasteiger partial charge in [-0.3, -0.25) is 0 Å². The first-order chi connectivity index (χ1) is 9.89. The third-order valence-corrected chi connectivity index (χ3v) is 3.51. The van der Waals surface area contributed by atoms with Gasteiger partial charge in [0.1, 0.15) is 6.54 Å². The van der Waals surface area contributed by atoms with Gasteiger partial charge in [-0.15, -0.1) is 0 Å². The maximum absolute atomic E-state index is 8.39. The molecule has 0 fully saturated rings. The van der Waals surface area contributed by atoms with Crippen molar-refractivity contribution in [2.45, 2.75) is 45.4 Å². The van der Waals surface area contributed by atoms with Gasteiger partial charge in [-0.2, -0.15) is 0 Å². The molecule has 0 saturated carbocycles. The second kappa shape index (κ2) is 14.3. The van der Waals surface area contributed by atoms with Crippen molar-refractivity contribution < 1.29 is 26.6 Å². The Bertz CT molecular complexity index is 267. The van der Waals surface area contributed by atoms with E-state index in [1.165, 1.54) is 45.1 Å². The lowest BCUT2D eigenvalue weighted by Crippen LogP contribution is -3.00. The molecular formula is C17H38BrN3O. The highest BCUT2D eigenvalue weighted by Gasteiger charge is 2.06. The fourth-order valence-corrected chi connectivity index (χ4v) is 2.13. The molecule has 1 N–H and O–H groups in total. The van der Waals surface area contributed by atoms with Crippen molar-refractivity contribution in [1.29, 1.82) is 0 Å². The molecule has 134 valence electrons. The molecule has 0 radical (unpaired) electrons. The average molecular weight is 380 g/mol. The van der Waals surface area contributed by atoms with Crippen molar-refractivity contribution >= 4 is 0 Å². The molecule has 0 aliphatic carbocycles. The Hall–Kier alpha value is -0.260. The van der Waals surface area contributed by atoms with Crippen molar-refractivity contribution in [1.82, 2.24) is 9.80 Å². The van der Waals surface area contributed by atoms with Gasteiger partial charge < -0.3 is 36.4 Å². The van der Waals surface area contributed by atoms with E-state index in [2.05, 4.69) is 57.3 Å². The van der Waals surface area contributed by atoms with E-state index in [-0.39, 0.29) is 23.6 Å². The number of halogens is 1. The van der Waals surface area contributed by atoms with E-state index in [0.717, 1.165) is 17.7 Å². The minimum atomic E-state index is 0. The predicted octanol–water partition coefficient (Wildman–Crippen LogP) is -0.288. The lowest BCUT2D eigenvalue weighted by atomic mass is 10.1. The van der Waals surface area contributed by atoms with Crippen molar-refractivity contribution in [2.75, 3.05) is 54.6 Å². The highest BCUT2D eigenvalue weighted by molar-refractivity contribution is 4.88. The summed E-state index contributed by atoms with van der Waals surface area (Å²) < 4.78 is 0.844. The topological polar surface area (TPSA) is 26.7 Å². The van der Waals surface area contributed by atoms with Crippen LogP contribution in [0, 0.1) is 0 Å². The van der Waals surface area contributed by atoms with Gasteiger partial charge in [0.15, 0.2) is 0 Å². The summed E-state index contributed by atoms with van der Waals surface area (Å²) >= 11 is 0. The van der Waals surface area contributed by atoms with Crippen LogP contribution in [0.1, 0.15) is 45.4 Å². The molecule has 22 heavy (non-hydrogen) atoms. The highest BCUT2D eigenvalue weighted by Crippen LogP contribution is 2.08. The maximum atomic E-state index is 8.39. The first-order valence-corrected chi connectivity index (χ1v) is 8.43. The Balaban J connectivity index is 0. The summed E-state index contributed by atoms with van der Waals surface area (Å²) in [5.74, 6) is 0. The molecule has 0 aromatic heterocycles. The minimum Gasteiger partial charge on any atom is -1.00 e. The van der Waals surface area contributed by atoms with Crippen LogP contribution < -0.4 is 17.0 Å². The molecule has 5 heteroatoms. The Morgan fingerprint density at radius 1 is 1.00 bits per heavy atom. The summed E-state index contributed by atoms with van der Waals surface area (Å²) in [6.45, 7) is 5.69.